The van der Waals surface area contributed by atoms with E-state index in [4.69, 9.17) is 4.98 Å². The van der Waals surface area contributed by atoms with Gasteiger partial charge in [0.2, 0.25) is 5.91 Å². The summed E-state index contributed by atoms with van der Waals surface area (Å²) in [6.07, 6.45) is 2.86. The van der Waals surface area contributed by atoms with Crippen LogP contribution in [0, 0.1) is 6.92 Å². The average molecular weight is 399 g/mol. The quantitative estimate of drug-likeness (QED) is 0.666. The monoisotopic (exact) mass is 398 g/mol. The number of carbonyl (C=O) groups is 1. The molecule has 140 valence electrons. The molecule has 4 nitrogen and oxygen atoms in total. The van der Waals surface area contributed by atoms with Crippen LogP contribution in [-0.4, -0.2) is 17.4 Å². The molecule has 0 spiro atoms. The average Bonchev–Trinajstić information content (AvgIpc) is 3.39. The lowest BCUT2D eigenvalue weighted by molar-refractivity contribution is -0.931. The molecule has 1 aliphatic rings. The van der Waals surface area contributed by atoms with E-state index < -0.39 is 0 Å². The minimum Gasteiger partial charge on any atom is -0.326 e. The van der Waals surface area contributed by atoms with Crippen LogP contribution >= 0.6 is 22.7 Å². The maximum absolute atomic E-state index is 12.3. The molecule has 1 aromatic carbocycles. The van der Waals surface area contributed by atoms with Gasteiger partial charge in [-0.3, -0.25) is 4.79 Å². The van der Waals surface area contributed by atoms with Gasteiger partial charge in [-0.15, -0.1) is 22.7 Å². The second-order valence-electron chi connectivity index (χ2n) is 7.12. The highest BCUT2D eigenvalue weighted by molar-refractivity contribution is 7.10. The topological polar surface area (TPSA) is 46.4 Å². The molecule has 2 atom stereocenters. The Bertz CT molecular complexity index is 887. The Balaban J connectivity index is 1.34. The lowest BCUT2D eigenvalue weighted by atomic mass is 10.2. The van der Waals surface area contributed by atoms with E-state index >= 15 is 0 Å². The highest BCUT2D eigenvalue weighted by Gasteiger charge is 2.31. The van der Waals surface area contributed by atoms with Crippen molar-refractivity contribution in [3.05, 3.63) is 68.3 Å². The number of carbonyl (C=O) groups excluding carboxylic acids is 1. The van der Waals surface area contributed by atoms with Crippen LogP contribution in [0.25, 0.3) is 0 Å². The molecule has 1 saturated heterocycles. The number of quaternary nitrogens is 1. The largest absolute Gasteiger partial charge is 0.326 e. The fourth-order valence-electron chi connectivity index (χ4n) is 3.68. The summed E-state index contributed by atoms with van der Waals surface area (Å²) in [6.45, 7) is 4.18. The van der Waals surface area contributed by atoms with Gasteiger partial charge >= 0.3 is 0 Å². The summed E-state index contributed by atoms with van der Waals surface area (Å²) >= 11 is 3.45. The summed E-state index contributed by atoms with van der Waals surface area (Å²) in [5, 5.41) is 8.12. The summed E-state index contributed by atoms with van der Waals surface area (Å²) in [6, 6.07) is 12.9. The van der Waals surface area contributed by atoms with Crippen molar-refractivity contribution < 1.29 is 9.69 Å². The highest BCUT2D eigenvalue weighted by Crippen LogP contribution is 2.24. The van der Waals surface area contributed by atoms with Gasteiger partial charge in [0.25, 0.3) is 0 Å². The summed E-state index contributed by atoms with van der Waals surface area (Å²) in [5.41, 5.74) is 3.13. The molecule has 4 rings (SSSR count). The van der Waals surface area contributed by atoms with Gasteiger partial charge < -0.3 is 10.2 Å². The molecule has 0 saturated carbocycles. The first-order valence-corrected chi connectivity index (χ1v) is 11.1. The molecule has 2 N–H and O–H groups in total. The number of likely N-dealkylation sites (tertiary alicyclic amines) is 1. The van der Waals surface area contributed by atoms with Crippen molar-refractivity contribution in [2.24, 2.45) is 0 Å². The highest BCUT2D eigenvalue weighted by atomic mass is 32.1. The Hall–Kier alpha value is -2.02. The molecule has 1 aliphatic heterocycles. The van der Waals surface area contributed by atoms with Gasteiger partial charge in [-0.05, 0) is 30.5 Å². The van der Waals surface area contributed by atoms with Crippen LogP contribution in [0.3, 0.4) is 0 Å². The molecule has 6 heteroatoms. The number of nitrogens with one attached hydrogen (secondary N) is 2. The number of rotatable bonds is 6. The second kappa shape index (κ2) is 8.33. The van der Waals surface area contributed by atoms with Crippen LogP contribution in [-0.2, 0) is 17.8 Å². The van der Waals surface area contributed by atoms with E-state index in [-0.39, 0.29) is 5.91 Å². The lowest BCUT2D eigenvalue weighted by Crippen LogP contribution is -3.08. The molecule has 3 heterocycles. The third kappa shape index (κ3) is 4.64. The maximum atomic E-state index is 12.3. The third-order valence-electron chi connectivity index (χ3n) is 5.02. The van der Waals surface area contributed by atoms with Crippen LogP contribution in [0.2, 0.25) is 0 Å². The van der Waals surface area contributed by atoms with Gasteiger partial charge in [0.15, 0.2) is 0 Å². The Morgan fingerprint density at radius 3 is 2.89 bits per heavy atom. The predicted octanol–water partition coefficient (Wildman–Crippen LogP) is 3.61. The SMILES string of the molecule is Cc1ccc(NC(=O)Cc2nc(C[NH+]3CCC[C@@H]3c3cccs3)cs2)cc1. The van der Waals surface area contributed by atoms with E-state index in [1.165, 1.54) is 29.8 Å². The molecule has 27 heavy (non-hydrogen) atoms. The summed E-state index contributed by atoms with van der Waals surface area (Å²) in [4.78, 5) is 20.1. The summed E-state index contributed by atoms with van der Waals surface area (Å²) in [5.74, 6) is -0.00951. The fraction of sp³-hybridized carbons (Fsp3) is 0.333. The standard InChI is InChI=1S/C21H23N3OS2/c1-15-6-8-16(9-7-15)22-20(25)12-21-23-17(14-27-21)13-24-10-2-4-18(24)19-5-3-11-26-19/h3,5-9,11,14,18H,2,4,10,12-13H2,1H3,(H,22,25)/p+1/t18-/m1/s1. The molecule has 1 fully saturated rings. The number of aryl methyl sites for hydroxylation is 1. The van der Waals surface area contributed by atoms with Gasteiger partial charge in [-0.2, -0.15) is 0 Å². The Labute approximate surface area is 167 Å². The minimum atomic E-state index is -0.00951. The number of benzene rings is 1. The van der Waals surface area contributed by atoms with E-state index in [2.05, 4.69) is 28.2 Å². The van der Waals surface area contributed by atoms with Crippen molar-refractivity contribution in [2.75, 3.05) is 11.9 Å². The van der Waals surface area contributed by atoms with E-state index in [0.29, 0.717) is 12.5 Å². The van der Waals surface area contributed by atoms with Crippen molar-refractivity contribution in [1.82, 2.24) is 4.98 Å². The lowest BCUT2D eigenvalue weighted by Gasteiger charge is -2.19. The zero-order chi connectivity index (χ0) is 18.6. The van der Waals surface area contributed by atoms with Crippen LogP contribution < -0.4 is 10.2 Å². The number of anilines is 1. The van der Waals surface area contributed by atoms with Gasteiger partial charge in [-0.1, -0.05) is 23.8 Å². The fourth-order valence-corrected chi connectivity index (χ4v) is 5.39. The first-order valence-electron chi connectivity index (χ1n) is 9.35. The van der Waals surface area contributed by atoms with Gasteiger partial charge in [0, 0.05) is 23.9 Å². The molecule has 0 aliphatic carbocycles. The van der Waals surface area contributed by atoms with Crippen molar-refractivity contribution in [3.63, 3.8) is 0 Å². The van der Waals surface area contributed by atoms with Crippen LogP contribution in [0.4, 0.5) is 5.69 Å². The number of hydrogen-bond acceptors (Lipinski definition) is 4. The molecule has 2 aromatic heterocycles. The number of aromatic nitrogens is 1. The molecular weight excluding hydrogens is 374 g/mol. The first-order chi connectivity index (χ1) is 13.2. The maximum Gasteiger partial charge on any atom is 0.231 e. The second-order valence-corrected chi connectivity index (χ2v) is 9.04. The number of thiophene rings is 1. The van der Waals surface area contributed by atoms with Crippen LogP contribution in [0.5, 0.6) is 0 Å². The molecule has 1 amide bonds. The third-order valence-corrected chi connectivity index (χ3v) is 6.91. The van der Waals surface area contributed by atoms with E-state index in [1.807, 2.05) is 42.5 Å². The number of amides is 1. The normalized spacial score (nSPS) is 19.3. The molecule has 3 aromatic rings. The Morgan fingerprint density at radius 2 is 2.11 bits per heavy atom. The smallest absolute Gasteiger partial charge is 0.231 e. The zero-order valence-electron chi connectivity index (χ0n) is 15.4. The zero-order valence-corrected chi connectivity index (χ0v) is 17.0. The van der Waals surface area contributed by atoms with Crippen molar-refractivity contribution in [3.8, 4) is 0 Å². The minimum absolute atomic E-state index is 0.00951. The van der Waals surface area contributed by atoms with Gasteiger partial charge in [-0.25, -0.2) is 4.98 Å². The molecular formula is C21H24N3OS2+. The van der Waals surface area contributed by atoms with Crippen LogP contribution in [0.1, 0.15) is 40.0 Å². The summed E-state index contributed by atoms with van der Waals surface area (Å²) < 4.78 is 0. The van der Waals surface area contributed by atoms with Crippen molar-refractivity contribution in [2.45, 2.75) is 38.8 Å². The van der Waals surface area contributed by atoms with Crippen molar-refractivity contribution >= 4 is 34.3 Å². The predicted molar refractivity (Wildman–Crippen MR) is 111 cm³/mol. The molecule has 1 unspecified atom stereocenters. The van der Waals surface area contributed by atoms with Crippen molar-refractivity contribution in [1.29, 1.82) is 0 Å². The van der Waals surface area contributed by atoms with E-state index in [9.17, 15) is 4.79 Å². The number of nitrogens with zero attached hydrogens (tertiary/aromatic N) is 1. The molecule has 0 radical (unpaired) electrons. The van der Waals surface area contributed by atoms with E-state index in [0.717, 1.165) is 22.9 Å². The first kappa shape index (κ1) is 18.3. The van der Waals surface area contributed by atoms with Crippen LogP contribution in [0.15, 0.2) is 47.2 Å². The Morgan fingerprint density at radius 1 is 1.26 bits per heavy atom. The van der Waals surface area contributed by atoms with E-state index in [1.54, 1.807) is 16.2 Å². The van der Waals surface area contributed by atoms with Gasteiger partial charge in [0.1, 0.15) is 23.3 Å². The summed E-state index contributed by atoms with van der Waals surface area (Å²) in [7, 11) is 0. The number of thiazole rings is 1. The molecule has 0 bridgehead atoms. The van der Waals surface area contributed by atoms with Gasteiger partial charge in [0.05, 0.1) is 17.8 Å². The Kier molecular flexibility index (Phi) is 5.66. The number of hydrogen-bond donors (Lipinski definition) is 2.